The Morgan fingerprint density at radius 1 is 1.35 bits per heavy atom. The van der Waals surface area contributed by atoms with Gasteiger partial charge in [-0.25, -0.2) is 13.1 Å². The van der Waals surface area contributed by atoms with E-state index in [0.29, 0.717) is 30.6 Å². The molecule has 0 atom stereocenters. The van der Waals surface area contributed by atoms with E-state index < -0.39 is 10.0 Å². The van der Waals surface area contributed by atoms with Crippen LogP contribution in [0.5, 0.6) is 0 Å². The number of benzene rings is 1. The molecule has 6 heteroatoms. The molecule has 0 aromatic heterocycles. The van der Waals surface area contributed by atoms with Crippen LogP contribution in [0.2, 0.25) is 0 Å². The molecule has 1 aromatic carbocycles. The number of hydrogen-bond acceptors (Lipinski definition) is 4. The Labute approximate surface area is 121 Å². The van der Waals surface area contributed by atoms with Gasteiger partial charge < -0.3 is 10.6 Å². The molecule has 0 aliphatic heterocycles. The molecule has 0 unspecified atom stereocenters. The molecular formula is C14H23N3O2S. The van der Waals surface area contributed by atoms with E-state index in [1.54, 1.807) is 19.1 Å². The number of hydrogen-bond donors (Lipinski definition) is 2. The van der Waals surface area contributed by atoms with Crippen LogP contribution in [-0.2, 0) is 10.0 Å². The minimum Gasteiger partial charge on any atom is -0.366 e. The molecule has 5 nitrogen and oxygen atoms in total. The molecule has 0 amide bonds. The van der Waals surface area contributed by atoms with E-state index in [0.717, 1.165) is 18.5 Å². The van der Waals surface area contributed by atoms with Gasteiger partial charge in [-0.1, -0.05) is 19.1 Å². The lowest BCUT2D eigenvalue weighted by Crippen LogP contribution is -2.44. The average molecular weight is 297 g/mol. The fourth-order valence-corrected chi connectivity index (χ4v) is 3.78. The predicted octanol–water partition coefficient (Wildman–Crippen LogP) is 1.30. The Kier molecular flexibility index (Phi) is 5.01. The number of sulfonamides is 1. The molecule has 1 saturated carbocycles. The third-order valence-electron chi connectivity index (χ3n) is 3.68. The maximum atomic E-state index is 12.3. The SMILES string of the molecule is CCNS(=O)(=O)c1ccccc1N(CCN)C1CCC1. The van der Waals surface area contributed by atoms with E-state index in [2.05, 4.69) is 9.62 Å². The highest BCUT2D eigenvalue weighted by Crippen LogP contribution is 2.33. The summed E-state index contributed by atoms with van der Waals surface area (Å²) in [5, 5.41) is 0. The molecule has 0 bridgehead atoms. The van der Waals surface area contributed by atoms with Gasteiger partial charge in [-0.05, 0) is 31.4 Å². The minimum atomic E-state index is -3.45. The molecular weight excluding hydrogens is 274 g/mol. The van der Waals surface area contributed by atoms with E-state index in [9.17, 15) is 8.42 Å². The number of nitrogens with zero attached hydrogens (tertiary/aromatic N) is 1. The highest BCUT2D eigenvalue weighted by atomic mass is 32.2. The summed E-state index contributed by atoms with van der Waals surface area (Å²) in [5.41, 5.74) is 6.46. The van der Waals surface area contributed by atoms with Crippen molar-refractivity contribution >= 4 is 15.7 Å². The predicted molar refractivity (Wildman–Crippen MR) is 81.3 cm³/mol. The molecule has 20 heavy (non-hydrogen) atoms. The highest BCUT2D eigenvalue weighted by molar-refractivity contribution is 7.89. The van der Waals surface area contributed by atoms with Gasteiger partial charge in [-0.3, -0.25) is 0 Å². The van der Waals surface area contributed by atoms with Crippen molar-refractivity contribution in [3.05, 3.63) is 24.3 Å². The van der Waals surface area contributed by atoms with Gasteiger partial charge in [0.2, 0.25) is 10.0 Å². The van der Waals surface area contributed by atoms with Crippen molar-refractivity contribution in [3.63, 3.8) is 0 Å². The van der Waals surface area contributed by atoms with E-state index in [-0.39, 0.29) is 0 Å². The molecule has 0 radical (unpaired) electrons. The van der Waals surface area contributed by atoms with E-state index >= 15 is 0 Å². The summed E-state index contributed by atoms with van der Waals surface area (Å²) in [6.07, 6.45) is 3.42. The largest absolute Gasteiger partial charge is 0.366 e. The standard InChI is InChI=1S/C14H23N3O2S/c1-2-16-20(18,19)14-9-4-3-8-13(14)17(11-10-15)12-6-5-7-12/h3-4,8-9,12,16H,2,5-7,10-11,15H2,1H3. The minimum absolute atomic E-state index is 0.349. The fourth-order valence-electron chi connectivity index (χ4n) is 2.53. The van der Waals surface area contributed by atoms with Gasteiger partial charge in [0, 0.05) is 25.7 Å². The Morgan fingerprint density at radius 3 is 2.60 bits per heavy atom. The van der Waals surface area contributed by atoms with Crippen molar-refractivity contribution in [2.75, 3.05) is 24.5 Å². The van der Waals surface area contributed by atoms with Crippen molar-refractivity contribution in [3.8, 4) is 0 Å². The zero-order chi connectivity index (χ0) is 14.6. The van der Waals surface area contributed by atoms with Crippen molar-refractivity contribution < 1.29 is 8.42 Å². The second kappa shape index (κ2) is 6.56. The van der Waals surface area contributed by atoms with Gasteiger partial charge in [-0.15, -0.1) is 0 Å². The first-order valence-corrected chi connectivity index (χ1v) is 8.64. The average Bonchev–Trinajstić information content (AvgIpc) is 2.36. The van der Waals surface area contributed by atoms with Crippen LogP contribution in [0, 0.1) is 0 Å². The van der Waals surface area contributed by atoms with Crippen molar-refractivity contribution in [2.45, 2.75) is 37.1 Å². The summed E-state index contributed by atoms with van der Waals surface area (Å²) in [6, 6.07) is 7.59. The molecule has 2 rings (SSSR count). The van der Waals surface area contributed by atoms with Crippen LogP contribution in [0.4, 0.5) is 5.69 Å². The Balaban J connectivity index is 2.39. The molecule has 1 aliphatic rings. The third kappa shape index (κ3) is 3.13. The lowest BCUT2D eigenvalue weighted by Gasteiger charge is -2.39. The number of nitrogens with one attached hydrogen (secondary N) is 1. The number of rotatable bonds is 7. The van der Waals surface area contributed by atoms with E-state index in [1.165, 1.54) is 6.42 Å². The lowest BCUT2D eigenvalue weighted by molar-refractivity contribution is 0.386. The lowest BCUT2D eigenvalue weighted by atomic mass is 9.91. The van der Waals surface area contributed by atoms with Crippen LogP contribution in [0.3, 0.4) is 0 Å². The van der Waals surface area contributed by atoms with Crippen LogP contribution >= 0.6 is 0 Å². The van der Waals surface area contributed by atoms with Gasteiger partial charge in [0.25, 0.3) is 0 Å². The van der Waals surface area contributed by atoms with Gasteiger partial charge in [0.05, 0.1) is 5.69 Å². The van der Waals surface area contributed by atoms with Crippen LogP contribution in [0.25, 0.3) is 0 Å². The first-order valence-electron chi connectivity index (χ1n) is 7.15. The topological polar surface area (TPSA) is 75.4 Å². The Morgan fingerprint density at radius 2 is 2.05 bits per heavy atom. The van der Waals surface area contributed by atoms with Crippen LogP contribution < -0.4 is 15.4 Å². The van der Waals surface area contributed by atoms with Gasteiger partial charge >= 0.3 is 0 Å². The van der Waals surface area contributed by atoms with E-state index in [4.69, 9.17) is 5.73 Å². The third-order valence-corrected chi connectivity index (χ3v) is 5.28. The molecule has 0 spiro atoms. The maximum absolute atomic E-state index is 12.3. The zero-order valence-electron chi connectivity index (χ0n) is 11.9. The highest BCUT2D eigenvalue weighted by Gasteiger charge is 2.28. The first-order chi connectivity index (χ1) is 9.60. The van der Waals surface area contributed by atoms with Crippen LogP contribution in [0.15, 0.2) is 29.2 Å². The molecule has 3 N–H and O–H groups in total. The number of para-hydroxylation sites is 1. The molecule has 1 fully saturated rings. The summed E-state index contributed by atoms with van der Waals surface area (Å²) in [6.45, 7) is 3.37. The fraction of sp³-hybridized carbons (Fsp3) is 0.571. The van der Waals surface area contributed by atoms with Crippen LogP contribution in [0.1, 0.15) is 26.2 Å². The summed E-state index contributed by atoms with van der Waals surface area (Å²) >= 11 is 0. The van der Waals surface area contributed by atoms with Gasteiger partial charge in [0.1, 0.15) is 4.90 Å². The molecule has 0 heterocycles. The van der Waals surface area contributed by atoms with Crippen molar-refractivity contribution in [1.82, 2.24) is 4.72 Å². The smallest absolute Gasteiger partial charge is 0.242 e. The normalized spacial score (nSPS) is 15.9. The molecule has 1 aromatic rings. The second-order valence-electron chi connectivity index (χ2n) is 5.04. The summed E-state index contributed by atoms with van der Waals surface area (Å²) in [5.74, 6) is 0. The summed E-state index contributed by atoms with van der Waals surface area (Å²) in [4.78, 5) is 2.50. The van der Waals surface area contributed by atoms with Gasteiger partial charge in [-0.2, -0.15) is 0 Å². The molecule has 1 aliphatic carbocycles. The number of anilines is 1. The van der Waals surface area contributed by atoms with E-state index in [1.807, 2.05) is 12.1 Å². The quantitative estimate of drug-likeness (QED) is 0.795. The number of nitrogens with two attached hydrogens (primary N) is 1. The zero-order valence-corrected chi connectivity index (χ0v) is 12.7. The summed E-state index contributed by atoms with van der Waals surface area (Å²) in [7, 11) is -3.45. The monoisotopic (exact) mass is 297 g/mol. The molecule has 0 saturated heterocycles. The van der Waals surface area contributed by atoms with Crippen molar-refractivity contribution in [1.29, 1.82) is 0 Å². The Hall–Kier alpha value is -1.11. The van der Waals surface area contributed by atoms with Crippen molar-refractivity contribution in [2.24, 2.45) is 5.73 Å². The van der Waals surface area contributed by atoms with Gasteiger partial charge in [0.15, 0.2) is 0 Å². The first kappa shape index (κ1) is 15.3. The van der Waals surface area contributed by atoms with Crippen LogP contribution in [-0.4, -0.2) is 34.1 Å². The summed E-state index contributed by atoms with van der Waals surface area (Å²) < 4.78 is 27.2. The molecule has 112 valence electrons. The Bertz CT molecular complexity index is 541. The second-order valence-corrected chi connectivity index (χ2v) is 6.77. The maximum Gasteiger partial charge on any atom is 0.242 e.